The molecular weight excluding hydrogens is 312 g/mol. The van der Waals surface area contributed by atoms with Crippen molar-refractivity contribution in [1.29, 1.82) is 0 Å². The van der Waals surface area contributed by atoms with E-state index in [4.69, 9.17) is 14.2 Å². The van der Waals surface area contributed by atoms with Gasteiger partial charge in [0.15, 0.2) is 0 Å². The Balaban J connectivity index is 1.58. The first-order chi connectivity index (χ1) is 11.6. The molecule has 2 aliphatic heterocycles. The monoisotopic (exact) mass is 342 g/mol. The van der Waals surface area contributed by atoms with Gasteiger partial charge in [-0.05, 0) is 39.5 Å². The van der Waals surface area contributed by atoms with Crippen molar-refractivity contribution in [3.63, 3.8) is 0 Å². The summed E-state index contributed by atoms with van der Waals surface area (Å²) >= 11 is 0. The average Bonchev–Trinajstić information content (AvgIpc) is 3.25. The van der Waals surface area contributed by atoms with Crippen molar-refractivity contribution < 1.29 is 23.8 Å². The van der Waals surface area contributed by atoms with Crippen LogP contribution in [0.5, 0.6) is 0 Å². The molecular formula is C17H30N2O5. The van der Waals surface area contributed by atoms with Crippen molar-refractivity contribution in [1.82, 2.24) is 10.2 Å². The molecule has 0 saturated carbocycles. The predicted octanol–water partition coefficient (Wildman–Crippen LogP) is 0.714. The molecule has 138 valence electrons. The molecule has 2 fully saturated rings. The van der Waals surface area contributed by atoms with E-state index in [9.17, 15) is 9.59 Å². The minimum atomic E-state index is -0.300. The molecule has 7 nitrogen and oxygen atoms in total. The number of nitrogens with one attached hydrogen (secondary N) is 1. The molecule has 0 aliphatic carbocycles. The maximum atomic E-state index is 12.4. The topological polar surface area (TPSA) is 77.1 Å². The maximum absolute atomic E-state index is 12.4. The number of ether oxygens (including phenoxy) is 3. The number of rotatable bonds is 9. The van der Waals surface area contributed by atoms with Crippen LogP contribution < -0.4 is 5.32 Å². The zero-order valence-corrected chi connectivity index (χ0v) is 14.8. The molecule has 0 unspecified atom stereocenters. The van der Waals surface area contributed by atoms with Crippen molar-refractivity contribution in [2.45, 2.75) is 57.8 Å². The van der Waals surface area contributed by atoms with Crippen molar-refractivity contribution in [2.75, 3.05) is 39.5 Å². The molecule has 2 heterocycles. The van der Waals surface area contributed by atoms with Gasteiger partial charge in [-0.25, -0.2) is 0 Å². The fraction of sp³-hybridized carbons (Fsp3) is 0.882. The van der Waals surface area contributed by atoms with Gasteiger partial charge in [0.25, 0.3) is 5.91 Å². The second kappa shape index (κ2) is 9.96. The lowest BCUT2D eigenvalue weighted by atomic mass is 10.2. The summed E-state index contributed by atoms with van der Waals surface area (Å²) in [5.41, 5.74) is 0. The highest BCUT2D eigenvalue weighted by molar-refractivity contribution is 5.81. The highest BCUT2D eigenvalue weighted by Gasteiger charge is 2.29. The maximum Gasteiger partial charge on any atom is 0.252 e. The van der Waals surface area contributed by atoms with Gasteiger partial charge >= 0.3 is 0 Å². The number of hydrogen-bond donors (Lipinski definition) is 1. The lowest BCUT2D eigenvalue weighted by molar-refractivity contribution is -0.143. The Hall–Kier alpha value is -1.18. The van der Waals surface area contributed by atoms with Crippen LogP contribution in [0, 0.1) is 0 Å². The molecule has 2 aliphatic rings. The fourth-order valence-corrected chi connectivity index (χ4v) is 2.99. The quantitative estimate of drug-likeness (QED) is 0.625. The van der Waals surface area contributed by atoms with Crippen LogP contribution in [-0.4, -0.2) is 74.5 Å². The van der Waals surface area contributed by atoms with Gasteiger partial charge in [-0.1, -0.05) is 0 Å². The van der Waals surface area contributed by atoms with E-state index in [1.54, 1.807) is 4.90 Å². The van der Waals surface area contributed by atoms with E-state index in [0.717, 1.165) is 25.7 Å². The summed E-state index contributed by atoms with van der Waals surface area (Å²) < 4.78 is 16.3. The Morgan fingerprint density at radius 3 is 2.38 bits per heavy atom. The first-order valence-corrected chi connectivity index (χ1v) is 8.98. The molecule has 0 radical (unpaired) electrons. The molecule has 24 heavy (non-hydrogen) atoms. The lowest BCUT2D eigenvalue weighted by Crippen LogP contribution is -2.45. The van der Waals surface area contributed by atoms with E-state index in [-0.39, 0.29) is 30.1 Å². The Labute approximate surface area is 144 Å². The molecule has 2 atom stereocenters. The lowest BCUT2D eigenvalue weighted by Gasteiger charge is -2.29. The second-order valence-electron chi connectivity index (χ2n) is 6.53. The predicted molar refractivity (Wildman–Crippen MR) is 88.6 cm³/mol. The van der Waals surface area contributed by atoms with Gasteiger partial charge in [0.2, 0.25) is 5.91 Å². The molecule has 1 N–H and O–H groups in total. The van der Waals surface area contributed by atoms with Crippen molar-refractivity contribution in [3.8, 4) is 0 Å². The van der Waals surface area contributed by atoms with E-state index >= 15 is 0 Å². The van der Waals surface area contributed by atoms with Crippen molar-refractivity contribution in [3.05, 3.63) is 0 Å². The van der Waals surface area contributed by atoms with Crippen LogP contribution in [0.2, 0.25) is 0 Å². The van der Waals surface area contributed by atoms with E-state index in [2.05, 4.69) is 5.32 Å². The summed E-state index contributed by atoms with van der Waals surface area (Å²) in [5, 5.41) is 2.81. The smallest absolute Gasteiger partial charge is 0.252 e. The van der Waals surface area contributed by atoms with Gasteiger partial charge in [-0.2, -0.15) is 0 Å². The fourth-order valence-electron chi connectivity index (χ4n) is 2.99. The largest absolute Gasteiger partial charge is 0.378 e. The number of carbonyl (C=O) groups excluding carboxylic acids is 2. The third kappa shape index (κ3) is 5.72. The summed E-state index contributed by atoms with van der Waals surface area (Å²) in [6.07, 6.45) is 2.89. The summed E-state index contributed by atoms with van der Waals surface area (Å²) in [7, 11) is 0. The van der Waals surface area contributed by atoms with Crippen LogP contribution in [0.4, 0.5) is 0 Å². The molecule has 0 aromatic carbocycles. The molecule has 0 bridgehead atoms. The second-order valence-corrected chi connectivity index (χ2v) is 6.53. The summed E-state index contributed by atoms with van der Waals surface area (Å²) in [5.74, 6) is -0.00810. The first kappa shape index (κ1) is 19.1. The highest BCUT2D eigenvalue weighted by atomic mass is 16.5. The molecule has 7 heteroatoms. The third-order valence-electron chi connectivity index (χ3n) is 4.36. The van der Waals surface area contributed by atoms with Gasteiger partial charge in [0, 0.05) is 32.3 Å². The van der Waals surface area contributed by atoms with E-state index in [1.165, 1.54) is 0 Å². The van der Waals surface area contributed by atoms with Crippen LogP contribution in [0.1, 0.15) is 39.5 Å². The highest BCUT2D eigenvalue weighted by Crippen LogP contribution is 2.16. The van der Waals surface area contributed by atoms with Crippen LogP contribution in [-0.2, 0) is 23.8 Å². The molecule has 2 saturated heterocycles. The van der Waals surface area contributed by atoms with Crippen LogP contribution in [0.3, 0.4) is 0 Å². The molecule has 0 spiro atoms. The number of carbonyl (C=O) groups is 2. The van der Waals surface area contributed by atoms with Gasteiger partial charge in [0.05, 0.1) is 13.2 Å². The van der Waals surface area contributed by atoms with Crippen molar-refractivity contribution in [2.24, 2.45) is 0 Å². The normalized spacial score (nSPS) is 23.6. The Kier molecular flexibility index (Phi) is 7.94. The molecule has 2 rings (SSSR count). The van der Waals surface area contributed by atoms with Crippen LogP contribution in [0.15, 0.2) is 0 Å². The third-order valence-corrected chi connectivity index (χ3v) is 4.36. The number of hydrogen-bond acceptors (Lipinski definition) is 5. The average molecular weight is 342 g/mol. The summed E-state index contributed by atoms with van der Waals surface area (Å²) in [6.45, 7) is 7.20. The zero-order chi connectivity index (χ0) is 17.4. The van der Waals surface area contributed by atoms with E-state index in [0.29, 0.717) is 39.5 Å². The van der Waals surface area contributed by atoms with Gasteiger partial charge in [0.1, 0.15) is 12.2 Å². The minimum Gasteiger partial charge on any atom is -0.378 e. The minimum absolute atomic E-state index is 0.0535. The van der Waals surface area contributed by atoms with Crippen LogP contribution in [0.25, 0.3) is 0 Å². The Morgan fingerprint density at radius 2 is 1.79 bits per heavy atom. The number of amides is 2. The van der Waals surface area contributed by atoms with E-state index in [1.807, 2.05) is 13.8 Å². The number of nitrogens with zero attached hydrogens (tertiary/aromatic N) is 1. The van der Waals surface area contributed by atoms with Gasteiger partial charge in [-0.3, -0.25) is 9.59 Å². The standard InChI is InChI=1S/C17H30N2O5/c1-13(2)19(17(21)15-6-4-10-24-15)8-12-22-11-7-18-16(20)14-5-3-9-23-14/h13-15H,3-12H2,1-2H3,(H,18,20)/t14-,15+/m1/s1. The molecule has 0 aromatic rings. The van der Waals surface area contributed by atoms with Crippen LogP contribution >= 0.6 is 0 Å². The summed E-state index contributed by atoms with van der Waals surface area (Å²) in [4.78, 5) is 26.0. The summed E-state index contributed by atoms with van der Waals surface area (Å²) in [6, 6.07) is 0.115. The Bertz CT molecular complexity index is 404. The van der Waals surface area contributed by atoms with Crippen molar-refractivity contribution >= 4 is 11.8 Å². The SMILES string of the molecule is CC(C)N(CCOCCNC(=O)[C@H]1CCCO1)C(=O)[C@@H]1CCCO1. The first-order valence-electron chi connectivity index (χ1n) is 8.98. The Morgan fingerprint density at radius 1 is 1.12 bits per heavy atom. The van der Waals surface area contributed by atoms with Gasteiger partial charge < -0.3 is 24.4 Å². The molecule has 0 aromatic heterocycles. The zero-order valence-electron chi connectivity index (χ0n) is 14.8. The molecule has 2 amide bonds. The van der Waals surface area contributed by atoms with Gasteiger partial charge in [-0.15, -0.1) is 0 Å². The van der Waals surface area contributed by atoms with E-state index < -0.39 is 0 Å².